The van der Waals surface area contributed by atoms with Crippen LogP contribution in [0, 0.1) is 29.9 Å². The average Bonchev–Trinajstić information content (AvgIpc) is 3.60. The van der Waals surface area contributed by atoms with Crippen molar-refractivity contribution >= 4 is 22.4 Å². The lowest BCUT2D eigenvalue weighted by molar-refractivity contribution is 0.102. The molecule has 1 aliphatic heterocycles. The van der Waals surface area contributed by atoms with Crippen LogP contribution in [-0.2, 0) is 6.42 Å². The average molecular weight is 562 g/mol. The molecule has 0 radical (unpaired) electrons. The van der Waals surface area contributed by atoms with Crippen LogP contribution in [0.15, 0.2) is 96.3 Å². The van der Waals surface area contributed by atoms with Gasteiger partial charge in [0.1, 0.15) is 11.6 Å². The number of rotatable bonds is 7. The molecule has 1 aliphatic rings. The van der Waals surface area contributed by atoms with Gasteiger partial charge in [-0.3, -0.25) is 9.80 Å². The topological polar surface area (TPSA) is 107 Å². The zero-order valence-electron chi connectivity index (χ0n) is 22.5. The molecule has 0 atom stereocenters. The minimum absolute atomic E-state index is 0.217. The molecule has 0 spiro atoms. The number of ether oxygens (including phenoxy) is 1. The fourth-order valence-corrected chi connectivity index (χ4v) is 5.14. The summed E-state index contributed by atoms with van der Waals surface area (Å²) in [6.45, 7) is 2.05. The third-order valence-corrected chi connectivity index (χ3v) is 7.24. The second-order valence-corrected chi connectivity index (χ2v) is 10.0. The van der Waals surface area contributed by atoms with Gasteiger partial charge >= 0.3 is 0 Å². The minimum Gasteiger partial charge on any atom is -0.454 e. The number of nitrogens with one attached hydrogen (secondary N) is 2. The Kier molecular flexibility index (Phi) is 6.90. The molecule has 4 N–H and O–H groups in total. The van der Waals surface area contributed by atoms with Crippen molar-refractivity contribution in [3.05, 3.63) is 136 Å². The van der Waals surface area contributed by atoms with Gasteiger partial charge in [-0.1, -0.05) is 30.3 Å². The number of nitrogens with zero attached hydrogens (tertiary/aromatic N) is 2. The highest BCUT2D eigenvalue weighted by molar-refractivity contribution is 6.11. The van der Waals surface area contributed by atoms with Crippen molar-refractivity contribution in [3.8, 4) is 17.6 Å². The summed E-state index contributed by atoms with van der Waals surface area (Å²) in [5.41, 5.74) is 15.3. The van der Waals surface area contributed by atoms with E-state index in [0.29, 0.717) is 34.7 Å². The Morgan fingerprint density at radius 2 is 1.86 bits per heavy atom. The van der Waals surface area contributed by atoms with Crippen LogP contribution in [-0.4, -0.2) is 17.3 Å². The number of ketones is 1. The quantitative estimate of drug-likeness (QED) is 0.199. The van der Waals surface area contributed by atoms with Crippen LogP contribution >= 0.6 is 0 Å². The zero-order valence-corrected chi connectivity index (χ0v) is 22.5. The highest BCUT2D eigenvalue weighted by Crippen LogP contribution is 2.32. The van der Waals surface area contributed by atoms with Crippen LogP contribution in [0.4, 0.5) is 14.5 Å². The number of hydrazine groups is 1. The van der Waals surface area contributed by atoms with Gasteiger partial charge in [0.25, 0.3) is 0 Å². The Morgan fingerprint density at radius 3 is 2.67 bits per heavy atom. The molecule has 6 rings (SSSR count). The second-order valence-electron chi connectivity index (χ2n) is 10.0. The van der Waals surface area contributed by atoms with Gasteiger partial charge in [-0.25, -0.2) is 9.82 Å². The number of hydrogen-bond donors (Lipinski definition) is 3. The molecule has 42 heavy (non-hydrogen) atoms. The predicted molar refractivity (Wildman–Crippen MR) is 156 cm³/mol. The summed E-state index contributed by atoms with van der Waals surface area (Å²) in [5.74, 6) is -1.91. The number of H-pyrrole nitrogens is 1. The van der Waals surface area contributed by atoms with Gasteiger partial charge in [-0.2, -0.15) is 9.65 Å². The number of hydrogen-bond acceptors (Lipinski definition) is 6. The number of aryl methyl sites for hydroxylation is 1. The van der Waals surface area contributed by atoms with Crippen LogP contribution < -0.4 is 20.9 Å². The van der Waals surface area contributed by atoms with E-state index < -0.39 is 11.6 Å². The van der Waals surface area contributed by atoms with Crippen LogP contribution in [0.3, 0.4) is 0 Å². The molecule has 1 aromatic heterocycles. The first-order valence-corrected chi connectivity index (χ1v) is 13.2. The molecular formula is C33H25F2N5O2. The normalized spacial score (nSPS) is 13.0. The summed E-state index contributed by atoms with van der Waals surface area (Å²) < 4.78 is 33.2. The monoisotopic (exact) mass is 561 g/mol. The zero-order chi connectivity index (χ0) is 29.4. The Hall–Kier alpha value is -5.46. The first-order valence-electron chi connectivity index (χ1n) is 13.2. The molecule has 4 aromatic carbocycles. The van der Waals surface area contributed by atoms with Gasteiger partial charge in [0.2, 0.25) is 11.6 Å². The van der Waals surface area contributed by atoms with E-state index in [-0.39, 0.29) is 23.9 Å². The lowest BCUT2D eigenvalue weighted by Gasteiger charge is -2.22. The van der Waals surface area contributed by atoms with Crippen molar-refractivity contribution < 1.29 is 18.3 Å². The number of fused-ring (bicyclic) bond motifs is 1. The summed E-state index contributed by atoms with van der Waals surface area (Å²) in [7, 11) is 0. The predicted octanol–water partition coefficient (Wildman–Crippen LogP) is 6.39. The third-order valence-electron chi connectivity index (χ3n) is 7.24. The second kappa shape index (κ2) is 10.8. The van der Waals surface area contributed by atoms with E-state index in [9.17, 15) is 18.8 Å². The van der Waals surface area contributed by atoms with Gasteiger partial charge in [-0.05, 0) is 84.6 Å². The van der Waals surface area contributed by atoms with Crippen LogP contribution in [0.25, 0.3) is 10.9 Å². The van der Waals surface area contributed by atoms with E-state index in [2.05, 4.69) is 16.5 Å². The number of nitrogens with two attached hydrogens (primary N) is 1. The minimum atomic E-state index is -1.06. The lowest BCUT2D eigenvalue weighted by Crippen LogP contribution is -2.35. The summed E-state index contributed by atoms with van der Waals surface area (Å²) >= 11 is 0. The first kappa shape index (κ1) is 26.7. The summed E-state index contributed by atoms with van der Waals surface area (Å²) in [5, 5.41) is 11.8. The molecule has 5 aromatic rings. The SMILES string of the molecule is Cc1cc(Oc2cccc(F)c2F)ccc1N1NCC(C(=O)c2cc3c(Cc4cccc(C#N)c4)cccc3[nH]2)=C1N. The van der Waals surface area contributed by atoms with Crippen molar-refractivity contribution in [2.75, 3.05) is 11.6 Å². The Balaban J connectivity index is 1.24. The molecule has 7 nitrogen and oxygen atoms in total. The number of anilines is 1. The Labute approximate surface area is 240 Å². The van der Waals surface area contributed by atoms with Crippen molar-refractivity contribution in [2.24, 2.45) is 5.73 Å². The smallest absolute Gasteiger partial charge is 0.210 e. The van der Waals surface area contributed by atoms with Gasteiger partial charge in [0.15, 0.2) is 11.6 Å². The number of benzene rings is 4. The fourth-order valence-electron chi connectivity index (χ4n) is 5.14. The highest BCUT2D eigenvalue weighted by atomic mass is 19.2. The van der Waals surface area contributed by atoms with Crippen LogP contribution in [0.5, 0.6) is 11.5 Å². The molecule has 9 heteroatoms. The number of Topliss-reactive ketones (excluding diaryl/α,β-unsaturated/α-hetero) is 1. The van der Waals surface area contributed by atoms with Crippen LogP contribution in [0.2, 0.25) is 0 Å². The Morgan fingerprint density at radius 1 is 1.05 bits per heavy atom. The number of nitriles is 1. The van der Waals surface area contributed by atoms with Gasteiger partial charge in [0.05, 0.1) is 28.6 Å². The maximum atomic E-state index is 14.1. The molecule has 0 aliphatic carbocycles. The summed E-state index contributed by atoms with van der Waals surface area (Å²) in [4.78, 5) is 16.8. The molecule has 208 valence electrons. The maximum Gasteiger partial charge on any atom is 0.210 e. The van der Waals surface area contributed by atoms with Gasteiger partial charge < -0.3 is 15.5 Å². The van der Waals surface area contributed by atoms with E-state index in [0.717, 1.165) is 33.7 Å². The molecule has 0 saturated carbocycles. The Bertz CT molecular complexity index is 1940. The van der Waals surface area contributed by atoms with E-state index in [1.165, 1.54) is 12.1 Å². The van der Waals surface area contributed by atoms with Crippen molar-refractivity contribution in [3.63, 3.8) is 0 Å². The number of aromatic nitrogens is 1. The van der Waals surface area contributed by atoms with E-state index in [1.54, 1.807) is 29.3 Å². The molecular weight excluding hydrogens is 536 g/mol. The number of carbonyl (C=O) groups excluding carboxylic acids is 1. The molecule has 2 heterocycles. The lowest BCUT2D eigenvalue weighted by atomic mass is 10.00. The van der Waals surface area contributed by atoms with E-state index >= 15 is 0 Å². The molecule has 0 amide bonds. The maximum absolute atomic E-state index is 14.1. The number of halogens is 2. The van der Waals surface area contributed by atoms with E-state index in [1.807, 2.05) is 49.4 Å². The molecule has 0 fully saturated rings. The molecule has 0 saturated heterocycles. The first-order chi connectivity index (χ1) is 20.3. The number of aromatic amines is 1. The molecule has 0 unspecified atom stereocenters. The summed E-state index contributed by atoms with van der Waals surface area (Å²) in [6.07, 6.45) is 0.614. The highest BCUT2D eigenvalue weighted by Gasteiger charge is 2.29. The van der Waals surface area contributed by atoms with Crippen molar-refractivity contribution in [2.45, 2.75) is 13.3 Å². The largest absolute Gasteiger partial charge is 0.454 e. The number of carbonyl (C=O) groups is 1. The van der Waals surface area contributed by atoms with Gasteiger partial charge in [-0.15, -0.1) is 0 Å². The van der Waals surface area contributed by atoms with E-state index in [4.69, 9.17) is 10.5 Å². The van der Waals surface area contributed by atoms with Crippen molar-refractivity contribution in [1.82, 2.24) is 10.4 Å². The third kappa shape index (κ3) is 4.96. The van der Waals surface area contributed by atoms with Crippen molar-refractivity contribution in [1.29, 1.82) is 5.26 Å². The van der Waals surface area contributed by atoms with Crippen LogP contribution in [0.1, 0.15) is 32.7 Å². The fraction of sp³-hybridized carbons (Fsp3) is 0.0909. The van der Waals surface area contributed by atoms with Gasteiger partial charge in [0, 0.05) is 17.4 Å². The molecule has 0 bridgehead atoms. The summed E-state index contributed by atoms with van der Waals surface area (Å²) in [6, 6.07) is 26.1. The standard InChI is InChI=1S/C33H25F2N5O2/c1-19-13-23(42-30-10-4-8-26(34)31(30)35)11-12-29(19)40-33(37)25(18-38-40)32(41)28-16-24-22(7-3-9-27(24)39-28)15-20-5-2-6-21(14-20)17-36/h2-14,16,38-39H,15,18,37H2,1H3.